The Kier molecular flexibility index (Phi) is 4.97. The topological polar surface area (TPSA) is 45.2 Å². The fourth-order valence-electron chi connectivity index (χ4n) is 3.28. The Labute approximate surface area is 142 Å². The minimum absolute atomic E-state index is 0.0173. The highest BCUT2D eigenvalue weighted by atomic mass is 19.1. The number of carbonyl (C=O) groups is 1. The van der Waals surface area contributed by atoms with Crippen molar-refractivity contribution in [2.75, 3.05) is 24.5 Å². The predicted molar refractivity (Wildman–Crippen MR) is 94.5 cm³/mol. The zero-order valence-electron chi connectivity index (χ0n) is 14.3. The molecule has 2 aromatic rings. The summed E-state index contributed by atoms with van der Waals surface area (Å²) in [5, 5.41) is 4.02. The molecule has 0 radical (unpaired) electrons. The van der Waals surface area contributed by atoms with Crippen LogP contribution in [0.15, 0.2) is 30.5 Å². The number of hydrogen-bond acceptors (Lipinski definition) is 3. The summed E-state index contributed by atoms with van der Waals surface area (Å²) in [5.41, 5.74) is 1.78. The molecule has 0 spiro atoms. The summed E-state index contributed by atoms with van der Waals surface area (Å²) in [6.45, 7) is 6.40. The maximum absolute atomic E-state index is 13.4. The number of carbonyl (C=O) groups excluding carboxylic acids is 1. The van der Waals surface area contributed by atoms with Gasteiger partial charge in [-0.1, -0.05) is 13.8 Å². The maximum atomic E-state index is 13.4. The molecule has 0 aliphatic carbocycles. The Hall–Kier alpha value is -2.17. The van der Waals surface area contributed by atoms with Gasteiger partial charge < -0.3 is 10.2 Å². The lowest BCUT2D eigenvalue weighted by atomic mass is 9.96. The van der Waals surface area contributed by atoms with Crippen LogP contribution in [0.2, 0.25) is 0 Å². The summed E-state index contributed by atoms with van der Waals surface area (Å²) in [6.07, 6.45) is 3.95. The van der Waals surface area contributed by atoms with Gasteiger partial charge in [0.2, 0.25) is 5.91 Å². The third kappa shape index (κ3) is 3.66. The molecular weight excluding hydrogens is 305 g/mol. The lowest BCUT2D eigenvalue weighted by Crippen LogP contribution is -2.41. The summed E-state index contributed by atoms with van der Waals surface area (Å²) < 4.78 is 13.4. The SMILES string of the molecule is CC(C)C(=O)NCC1CCCN(c2ccnc3cc(F)ccc23)C1. The molecule has 1 aromatic heterocycles. The van der Waals surface area contributed by atoms with E-state index in [1.54, 1.807) is 12.3 Å². The second-order valence-corrected chi connectivity index (χ2v) is 6.85. The van der Waals surface area contributed by atoms with Gasteiger partial charge in [-0.2, -0.15) is 0 Å². The Morgan fingerprint density at radius 3 is 3.04 bits per heavy atom. The molecule has 1 aromatic carbocycles. The van der Waals surface area contributed by atoms with Crippen molar-refractivity contribution in [3.05, 3.63) is 36.3 Å². The maximum Gasteiger partial charge on any atom is 0.222 e. The van der Waals surface area contributed by atoms with E-state index in [4.69, 9.17) is 0 Å². The van der Waals surface area contributed by atoms with Crippen molar-refractivity contribution >= 4 is 22.5 Å². The van der Waals surface area contributed by atoms with E-state index in [1.165, 1.54) is 12.1 Å². The minimum Gasteiger partial charge on any atom is -0.371 e. The van der Waals surface area contributed by atoms with Gasteiger partial charge in [-0.25, -0.2) is 4.39 Å². The van der Waals surface area contributed by atoms with Crippen LogP contribution in [0.4, 0.5) is 10.1 Å². The number of benzene rings is 1. The summed E-state index contributed by atoms with van der Waals surface area (Å²) in [7, 11) is 0. The van der Waals surface area contributed by atoms with Crippen LogP contribution in [0, 0.1) is 17.7 Å². The second-order valence-electron chi connectivity index (χ2n) is 6.85. The molecule has 1 atom stereocenters. The van der Waals surface area contributed by atoms with Gasteiger partial charge in [0.1, 0.15) is 5.82 Å². The summed E-state index contributed by atoms with van der Waals surface area (Å²) in [6, 6.07) is 6.76. The third-order valence-corrected chi connectivity index (χ3v) is 4.63. The Morgan fingerprint density at radius 2 is 2.25 bits per heavy atom. The first-order chi connectivity index (χ1) is 11.5. The van der Waals surface area contributed by atoms with Gasteiger partial charge in [-0.05, 0) is 37.0 Å². The van der Waals surface area contributed by atoms with Crippen LogP contribution in [0.1, 0.15) is 26.7 Å². The first kappa shape index (κ1) is 16.7. The van der Waals surface area contributed by atoms with E-state index >= 15 is 0 Å². The average Bonchev–Trinajstić information content (AvgIpc) is 2.59. The number of rotatable bonds is 4. The number of halogens is 1. The highest BCUT2D eigenvalue weighted by molar-refractivity contribution is 5.91. The largest absolute Gasteiger partial charge is 0.371 e. The van der Waals surface area contributed by atoms with Gasteiger partial charge in [0.25, 0.3) is 0 Å². The second kappa shape index (κ2) is 7.16. The summed E-state index contributed by atoms with van der Waals surface area (Å²) >= 11 is 0. The first-order valence-corrected chi connectivity index (χ1v) is 8.61. The van der Waals surface area contributed by atoms with Gasteiger partial charge in [0.15, 0.2) is 0 Å². The van der Waals surface area contributed by atoms with Crippen LogP contribution in [0.5, 0.6) is 0 Å². The zero-order chi connectivity index (χ0) is 17.1. The smallest absolute Gasteiger partial charge is 0.222 e. The van der Waals surface area contributed by atoms with Gasteiger partial charge in [0.05, 0.1) is 5.52 Å². The Balaban J connectivity index is 1.74. The summed E-state index contributed by atoms with van der Waals surface area (Å²) in [5.74, 6) is 0.297. The van der Waals surface area contributed by atoms with Gasteiger partial charge in [-0.3, -0.25) is 9.78 Å². The van der Waals surface area contributed by atoms with Crippen LogP contribution < -0.4 is 10.2 Å². The zero-order valence-corrected chi connectivity index (χ0v) is 14.3. The monoisotopic (exact) mass is 329 g/mol. The number of nitrogens with one attached hydrogen (secondary N) is 1. The number of fused-ring (bicyclic) bond motifs is 1. The van der Waals surface area contributed by atoms with E-state index in [9.17, 15) is 9.18 Å². The summed E-state index contributed by atoms with van der Waals surface area (Å²) in [4.78, 5) is 18.4. The van der Waals surface area contributed by atoms with E-state index in [0.29, 0.717) is 18.0 Å². The molecule has 2 heterocycles. The molecule has 24 heavy (non-hydrogen) atoms. The van der Waals surface area contributed by atoms with E-state index in [0.717, 1.165) is 37.0 Å². The molecule has 0 bridgehead atoms. The van der Waals surface area contributed by atoms with Gasteiger partial charge in [-0.15, -0.1) is 0 Å². The van der Waals surface area contributed by atoms with Crippen molar-refractivity contribution in [2.24, 2.45) is 11.8 Å². The number of amides is 1. The van der Waals surface area contributed by atoms with Crippen LogP contribution in [-0.4, -0.2) is 30.5 Å². The molecule has 128 valence electrons. The number of nitrogens with zero attached hydrogens (tertiary/aromatic N) is 2. The van der Waals surface area contributed by atoms with Crippen LogP contribution >= 0.6 is 0 Å². The molecule has 1 fully saturated rings. The molecule has 3 rings (SSSR count). The number of piperidine rings is 1. The van der Waals surface area contributed by atoms with E-state index in [1.807, 2.05) is 19.9 Å². The molecule has 1 aliphatic rings. The number of aromatic nitrogens is 1. The van der Waals surface area contributed by atoms with E-state index in [2.05, 4.69) is 15.2 Å². The molecule has 1 aliphatic heterocycles. The van der Waals surface area contributed by atoms with Gasteiger partial charge in [0, 0.05) is 48.9 Å². The van der Waals surface area contributed by atoms with Crippen molar-refractivity contribution in [1.82, 2.24) is 10.3 Å². The fourth-order valence-corrected chi connectivity index (χ4v) is 3.28. The number of anilines is 1. The molecule has 1 amide bonds. The third-order valence-electron chi connectivity index (χ3n) is 4.63. The van der Waals surface area contributed by atoms with Crippen LogP contribution in [0.3, 0.4) is 0 Å². The highest BCUT2D eigenvalue weighted by Crippen LogP contribution is 2.29. The minimum atomic E-state index is -0.264. The van der Waals surface area contributed by atoms with E-state index in [-0.39, 0.29) is 17.6 Å². The Morgan fingerprint density at radius 1 is 1.42 bits per heavy atom. The molecule has 1 N–H and O–H groups in total. The van der Waals surface area contributed by atoms with Gasteiger partial charge >= 0.3 is 0 Å². The number of pyridine rings is 1. The highest BCUT2D eigenvalue weighted by Gasteiger charge is 2.22. The molecule has 4 nitrogen and oxygen atoms in total. The van der Waals surface area contributed by atoms with Crippen LogP contribution in [-0.2, 0) is 4.79 Å². The Bertz CT molecular complexity index is 732. The molecule has 5 heteroatoms. The van der Waals surface area contributed by atoms with Crippen LogP contribution in [0.25, 0.3) is 10.9 Å². The predicted octanol–water partition coefficient (Wildman–Crippen LogP) is 3.36. The van der Waals surface area contributed by atoms with Crippen molar-refractivity contribution in [3.63, 3.8) is 0 Å². The quantitative estimate of drug-likeness (QED) is 0.935. The molecule has 1 saturated heterocycles. The normalized spacial score (nSPS) is 18.2. The van der Waals surface area contributed by atoms with E-state index < -0.39 is 0 Å². The fraction of sp³-hybridized carbons (Fsp3) is 0.474. The molecular formula is C19H24FN3O. The lowest BCUT2D eigenvalue weighted by Gasteiger charge is -2.35. The standard InChI is InChI=1S/C19H24FN3O/c1-13(2)19(24)22-11-14-4-3-9-23(12-14)18-7-8-21-17-10-15(20)5-6-16(17)18/h5-8,10,13-14H,3-4,9,11-12H2,1-2H3,(H,22,24). The molecule has 1 unspecified atom stereocenters. The molecule has 0 saturated carbocycles. The van der Waals surface area contributed by atoms with Crippen molar-refractivity contribution < 1.29 is 9.18 Å². The van der Waals surface area contributed by atoms with Crippen molar-refractivity contribution in [2.45, 2.75) is 26.7 Å². The average molecular weight is 329 g/mol. The van der Waals surface area contributed by atoms with Crippen molar-refractivity contribution in [1.29, 1.82) is 0 Å². The van der Waals surface area contributed by atoms with Crippen molar-refractivity contribution in [3.8, 4) is 0 Å². The number of hydrogen-bond donors (Lipinski definition) is 1. The first-order valence-electron chi connectivity index (χ1n) is 8.61. The lowest BCUT2D eigenvalue weighted by molar-refractivity contribution is -0.124.